The molecule has 0 aromatic heterocycles. The van der Waals surface area contributed by atoms with E-state index >= 15 is 0 Å². The number of hydrogen-bond donors (Lipinski definition) is 3. The van der Waals surface area contributed by atoms with E-state index < -0.39 is 0 Å². The van der Waals surface area contributed by atoms with Crippen molar-refractivity contribution in [2.75, 3.05) is 26.7 Å². The molecule has 0 radical (unpaired) electrons. The summed E-state index contributed by atoms with van der Waals surface area (Å²) in [5.41, 5.74) is 0.668. The Bertz CT molecular complexity index is 698. The van der Waals surface area contributed by atoms with E-state index in [1.165, 1.54) is 4.90 Å². The molecule has 1 unspecified atom stereocenters. The number of aliphatic imine (C=N–C) groups is 1. The summed E-state index contributed by atoms with van der Waals surface area (Å²) in [6, 6.07) is 19.6. The first kappa shape index (κ1) is 23.3. The van der Waals surface area contributed by atoms with Gasteiger partial charge in [0.25, 0.3) is 5.91 Å². The quantitative estimate of drug-likeness (QED) is 0.172. The Morgan fingerprint density at radius 1 is 0.963 bits per heavy atom. The molecule has 0 saturated heterocycles. The van der Waals surface area contributed by atoms with Gasteiger partial charge in [-0.2, -0.15) is 0 Å². The van der Waals surface area contributed by atoms with Gasteiger partial charge in [-0.1, -0.05) is 43.3 Å². The zero-order valence-corrected chi connectivity index (χ0v) is 18.8. The van der Waals surface area contributed by atoms with Crippen molar-refractivity contribution in [2.45, 2.75) is 17.1 Å². The van der Waals surface area contributed by atoms with Crippen molar-refractivity contribution in [3.8, 4) is 0 Å². The van der Waals surface area contributed by atoms with Crippen molar-refractivity contribution in [3.05, 3.63) is 66.2 Å². The first-order valence-corrected chi connectivity index (χ1v) is 9.56. The lowest BCUT2D eigenvalue weighted by molar-refractivity contribution is 0.0954. The Balaban J connectivity index is 0.00000364. The topological polar surface area (TPSA) is 65.5 Å². The number of benzene rings is 2. The van der Waals surface area contributed by atoms with Crippen LogP contribution in [0.3, 0.4) is 0 Å². The van der Waals surface area contributed by atoms with Crippen molar-refractivity contribution < 1.29 is 4.79 Å². The molecular formula is C20H27IN4OS. The van der Waals surface area contributed by atoms with Gasteiger partial charge in [0.05, 0.1) is 0 Å². The molecule has 27 heavy (non-hydrogen) atoms. The van der Waals surface area contributed by atoms with E-state index in [1.807, 2.05) is 48.2 Å². The molecule has 3 N–H and O–H groups in total. The molecule has 1 amide bonds. The molecular weight excluding hydrogens is 471 g/mol. The van der Waals surface area contributed by atoms with Gasteiger partial charge in [-0.25, -0.2) is 0 Å². The molecule has 7 heteroatoms. The lowest BCUT2D eigenvalue weighted by Gasteiger charge is -2.16. The predicted octanol–water partition coefficient (Wildman–Crippen LogP) is 3.38. The third-order valence-electron chi connectivity index (χ3n) is 3.60. The summed E-state index contributed by atoms with van der Waals surface area (Å²) < 4.78 is 0. The second-order valence-corrected chi connectivity index (χ2v) is 7.26. The number of thioether (sulfide) groups is 1. The summed E-state index contributed by atoms with van der Waals surface area (Å²) in [6.07, 6.45) is 0. The van der Waals surface area contributed by atoms with Crippen LogP contribution in [0.2, 0.25) is 0 Å². The van der Waals surface area contributed by atoms with Gasteiger partial charge in [-0.15, -0.1) is 35.7 Å². The maximum Gasteiger partial charge on any atom is 0.251 e. The summed E-state index contributed by atoms with van der Waals surface area (Å²) in [5.74, 6) is 0.669. The molecule has 0 aliphatic carbocycles. The van der Waals surface area contributed by atoms with Crippen LogP contribution in [0, 0.1) is 0 Å². The molecule has 0 heterocycles. The third kappa shape index (κ3) is 9.14. The number of rotatable bonds is 8. The minimum Gasteiger partial charge on any atom is -0.355 e. The number of nitrogens with zero attached hydrogens (tertiary/aromatic N) is 1. The first-order chi connectivity index (χ1) is 12.7. The molecule has 0 fully saturated rings. The lowest BCUT2D eigenvalue weighted by Crippen LogP contribution is -2.43. The molecule has 2 aromatic carbocycles. The normalized spacial score (nSPS) is 11.9. The van der Waals surface area contributed by atoms with Gasteiger partial charge < -0.3 is 16.0 Å². The van der Waals surface area contributed by atoms with Crippen molar-refractivity contribution in [1.82, 2.24) is 16.0 Å². The molecule has 0 saturated carbocycles. The van der Waals surface area contributed by atoms with Crippen LogP contribution >= 0.6 is 35.7 Å². The van der Waals surface area contributed by atoms with Crippen LogP contribution in [0.25, 0.3) is 0 Å². The first-order valence-electron chi connectivity index (χ1n) is 8.68. The van der Waals surface area contributed by atoms with Crippen LogP contribution in [0.1, 0.15) is 17.3 Å². The minimum atomic E-state index is -0.0665. The predicted molar refractivity (Wildman–Crippen MR) is 125 cm³/mol. The number of guanidine groups is 1. The lowest BCUT2D eigenvalue weighted by atomic mass is 10.2. The highest BCUT2D eigenvalue weighted by molar-refractivity contribution is 14.0. The van der Waals surface area contributed by atoms with E-state index in [1.54, 1.807) is 19.2 Å². The number of hydrogen-bond acceptors (Lipinski definition) is 3. The van der Waals surface area contributed by atoms with E-state index in [0.717, 1.165) is 12.5 Å². The Morgan fingerprint density at radius 2 is 1.56 bits per heavy atom. The highest BCUT2D eigenvalue weighted by Gasteiger charge is 2.06. The number of halogens is 1. The van der Waals surface area contributed by atoms with Crippen LogP contribution in [0.5, 0.6) is 0 Å². The largest absolute Gasteiger partial charge is 0.355 e. The van der Waals surface area contributed by atoms with Crippen LogP contribution < -0.4 is 16.0 Å². The second-order valence-electron chi connectivity index (χ2n) is 5.74. The van der Waals surface area contributed by atoms with E-state index in [9.17, 15) is 4.79 Å². The highest BCUT2D eigenvalue weighted by Crippen LogP contribution is 2.21. The summed E-state index contributed by atoms with van der Waals surface area (Å²) in [6.45, 7) is 4.12. The van der Waals surface area contributed by atoms with Crippen LogP contribution in [-0.2, 0) is 0 Å². The number of carbonyl (C=O) groups excluding carboxylic acids is 1. The van der Waals surface area contributed by atoms with Crippen LogP contribution in [-0.4, -0.2) is 43.8 Å². The molecule has 1 atom stereocenters. The Morgan fingerprint density at radius 3 is 2.19 bits per heavy atom. The molecule has 146 valence electrons. The van der Waals surface area contributed by atoms with Gasteiger partial charge in [0, 0.05) is 42.4 Å². The standard InChI is InChI=1S/C20H26N4OS.HI/c1-16(26-18-11-7-4-8-12-18)15-24-20(21-2)23-14-13-22-19(25)17-9-5-3-6-10-17;/h3-12,16H,13-15H2,1-2H3,(H,22,25)(H2,21,23,24);1H. The van der Waals surface area contributed by atoms with E-state index in [2.05, 4.69) is 40.0 Å². The zero-order chi connectivity index (χ0) is 18.6. The monoisotopic (exact) mass is 498 g/mol. The average Bonchev–Trinajstić information content (AvgIpc) is 2.68. The maximum absolute atomic E-state index is 12.0. The SMILES string of the molecule is CN=C(NCCNC(=O)c1ccccc1)NCC(C)Sc1ccccc1.I. The third-order valence-corrected chi connectivity index (χ3v) is 4.71. The minimum absolute atomic E-state index is 0. The van der Waals surface area contributed by atoms with Crippen molar-refractivity contribution >= 4 is 47.6 Å². The fourth-order valence-electron chi connectivity index (χ4n) is 2.28. The van der Waals surface area contributed by atoms with Crippen molar-refractivity contribution in [1.29, 1.82) is 0 Å². The Hall–Kier alpha value is -1.74. The molecule has 0 bridgehead atoms. The molecule has 2 rings (SSSR count). The zero-order valence-electron chi connectivity index (χ0n) is 15.6. The summed E-state index contributed by atoms with van der Waals surface area (Å²) >= 11 is 1.82. The van der Waals surface area contributed by atoms with Crippen LogP contribution in [0.4, 0.5) is 0 Å². The van der Waals surface area contributed by atoms with E-state index in [-0.39, 0.29) is 29.9 Å². The fourth-order valence-corrected chi connectivity index (χ4v) is 3.23. The number of carbonyl (C=O) groups is 1. The average molecular weight is 498 g/mol. The fraction of sp³-hybridized carbons (Fsp3) is 0.300. The van der Waals surface area contributed by atoms with Gasteiger partial charge in [-0.3, -0.25) is 9.79 Å². The molecule has 2 aromatic rings. The molecule has 5 nitrogen and oxygen atoms in total. The van der Waals surface area contributed by atoms with Gasteiger partial charge in [-0.05, 0) is 24.3 Å². The van der Waals surface area contributed by atoms with E-state index in [0.29, 0.717) is 23.9 Å². The van der Waals surface area contributed by atoms with Gasteiger partial charge >= 0.3 is 0 Å². The van der Waals surface area contributed by atoms with E-state index in [4.69, 9.17) is 0 Å². The number of nitrogens with one attached hydrogen (secondary N) is 3. The molecule has 0 spiro atoms. The van der Waals surface area contributed by atoms with Crippen LogP contribution in [0.15, 0.2) is 70.6 Å². The highest BCUT2D eigenvalue weighted by atomic mass is 127. The second kappa shape index (κ2) is 13.4. The van der Waals surface area contributed by atoms with Gasteiger partial charge in [0.15, 0.2) is 5.96 Å². The molecule has 0 aliphatic rings. The summed E-state index contributed by atoms with van der Waals surface area (Å²) in [5, 5.41) is 9.82. The molecule has 0 aliphatic heterocycles. The van der Waals surface area contributed by atoms with Gasteiger partial charge in [0.1, 0.15) is 0 Å². The summed E-state index contributed by atoms with van der Waals surface area (Å²) in [4.78, 5) is 17.4. The smallest absolute Gasteiger partial charge is 0.251 e. The van der Waals surface area contributed by atoms with Crippen molar-refractivity contribution in [2.24, 2.45) is 4.99 Å². The van der Waals surface area contributed by atoms with Crippen molar-refractivity contribution in [3.63, 3.8) is 0 Å². The maximum atomic E-state index is 12.0. The Labute approximate surface area is 182 Å². The summed E-state index contributed by atoms with van der Waals surface area (Å²) in [7, 11) is 1.74. The Kier molecular flexibility index (Phi) is 11.6. The van der Waals surface area contributed by atoms with Gasteiger partial charge in [0.2, 0.25) is 0 Å². The number of amides is 1.